The van der Waals surface area contributed by atoms with E-state index in [0.717, 1.165) is 24.3 Å². The molecule has 0 aliphatic heterocycles. The number of halogens is 3. The molecule has 6 heteroatoms. The summed E-state index contributed by atoms with van der Waals surface area (Å²) in [4.78, 5) is 12.3. The molecule has 1 aromatic heterocycles. The summed E-state index contributed by atoms with van der Waals surface area (Å²) in [7, 11) is 1.23. The molecule has 0 fully saturated rings. The lowest BCUT2D eigenvalue weighted by molar-refractivity contribution is 0.397. The lowest BCUT2D eigenvalue weighted by Gasteiger charge is -2.09. The lowest BCUT2D eigenvalue weighted by Crippen LogP contribution is -2.08. The van der Waals surface area contributed by atoms with Crippen molar-refractivity contribution in [2.45, 2.75) is 0 Å². The molecular weight excluding hydrogens is 297 g/mol. The highest BCUT2D eigenvalue weighted by molar-refractivity contribution is 5.82. The highest BCUT2D eigenvalue weighted by Gasteiger charge is 2.20. The van der Waals surface area contributed by atoms with Crippen molar-refractivity contribution in [1.29, 1.82) is 0 Å². The lowest BCUT2D eigenvalue weighted by atomic mass is 10.1. The maximum absolute atomic E-state index is 13.9. The van der Waals surface area contributed by atoms with Crippen LogP contribution in [0.4, 0.5) is 13.2 Å². The van der Waals surface area contributed by atoms with Crippen molar-refractivity contribution >= 4 is 11.0 Å². The maximum atomic E-state index is 13.9. The van der Waals surface area contributed by atoms with E-state index in [9.17, 15) is 18.0 Å². The van der Waals surface area contributed by atoms with Crippen molar-refractivity contribution in [3.05, 3.63) is 64.1 Å². The van der Waals surface area contributed by atoms with Crippen LogP contribution in [0, 0.1) is 17.5 Å². The number of hydrogen-bond donors (Lipinski definition) is 0. The van der Waals surface area contributed by atoms with Gasteiger partial charge < -0.3 is 9.15 Å². The van der Waals surface area contributed by atoms with E-state index in [2.05, 4.69) is 0 Å². The van der Waals surface area contributed by atoms with E-state index in [-0.39, 0.29) is 28.0 Å². The summed E-state index contributed by atoms with van der Waals surface area (Å²) < 4.78 is 50.7. The molecule has 0 aliphatic carbocycles. The first kappa shape index (κ1) is 14.2. The van der Waals surface area contributed by atoms with Gasteiger partial charge in [-0.3, -0.25) is 4.79 Å². The Kier molecular flexibility index (Phi) is 3.36. The van der Waals surface area contributed by atoms with Crippen LogP contribution < -0.4 is 10.2 Å². The molecule has 0 N–H and O–H groups in total. The van der Waals surface area contributed by atoms with Crippen LogP contribution >= 0.6 is 0 Å². The molecule has 0 unspecified atom stereocenters. The summed E-state index contributed by atoms with van der Waals surface area (Å²) in [6, 6.07) is 6.18. The molecule has 0 radical (unpaired) electrons. The van der Waals surface area contributed by atoms with Gasteiger partial charge in [0.2, 0.25) is 11.2 Å². The number of hydrogen-bond acceptors (Lipinski definition) is 3. The summed E-state index contributed by atoms with van der Waals surface area (Å²) in [6.07, 6.45) is 0. The Hall–Kier alpha value is -2.76. The zero-order chi connectivity index (χ0) is 15.9. The Morgan fingerprint density at radius 1 is 1.00 bits per heavy atom. The largest absolute Gasteiger partial charge is 0.490 e. The monoisotopic (exact) mass is 306 g/mol. The quantitative estimate of drug-likeness (QED) is 0.721. The standard InChI is InChI=1S/C16H9F3O3/c1-21-16-14(20)11-5-3-9(18)7-13(11)22-15(16)10-4-2-8(17)6-12(10)19/h2-7H,1H3. The molecule has 22 heavy (non-hydrogen) atoms. The van der Waals surface area contributed by atoms with Gasteiger partial charge in [0.15, 0.2) is 5.76 Å². The summed E-state index contributed by atoms with van der Waals surface area (Å²) in [5.41, 5.74) is -0.770. The number of benzene rings is 2. The first-order chi connectivity index (χ1) is 10.5. The van der Waals surface area contributed by atoms with E-state index in [4.69, 9.17) is 9.15 Å². The molecule has 0 amide bonds. The normalized spacial score (nSPS) is 10.9. The Labute approximate surface area is 122 Å². The third-order valence-electron chi connectivity index (χ3n) is 3.19. The molecule has 3 nitrogen and oxygen atoms in total. The molecule has 2 aromatic carbocycles. The van der Waals surface area contributed by atoms with Crippen LogP contribution in [0.5, 0.6) is 5.75 Å². The van der Waals surface area contributed by atoms with Crippen LogP contribution in [0.1, 0.15) is 0 Å². The molecule has 1 heterocycles. The van der Waals surface area contributed by atoms with E-state index in [1.54, 1.807) is 0 Å². The molecular formula is C16H9F3O3. The van der Waals surface area contributed by atoms with E-state index in [0.29, 0.717) is 6.07 Å². The fourth-order valence-corrected chi connectivity index (χ4v) is 2.19. The summed E-state index contributed by atoms with van der Waals surface area (Å²) in [5, 5.41) is 0.101. The topological polar surface area (TPSA) is 39.4 Å². The molecule has 0 atom stereocenters. The SMILES string of the molecule is COc1c(-c2ccc(F)cc2F)oc2cc(F)ccc2c1=O. The third kappa shape index (κ3) is 2.22. The van der Waals surface area contributed by atoms with E-state index < -0.39 is 22.9 Å². The molecule has 0 saturated heterocycles. The van der Waals surface area contributed by atoms with Gasteiger partial charge in [-0.05, 0) is 24.3 Å². The van der Waals surface area contributed by atoms with Crippen LogP contribution in [0.2, 0.25) is 0 Å². The van der Waals surface area contributed by atoms with Gasteiger partial charge in [0.25, 0.3) is 0 Å². The van der Waals surface area contributed by atoms with E-state index in [1.807, 2.05) is 0 Å². The van der Waals surface area contributed by atoms with Crippen molar-refractivity contribution in [1.82, 2.24) is 0 Å². The molecule has 0 aliphatic rings. The van der Waals surface area contributed by atoms with Crippen molar-refractivity contribution in [2.24, 2.45) is 0 Å². The van der Waals surface area contributed by atoms with Gasteiger partial charge >= 0.3 is 0 Å². The highest BCUT2D eigenvalue weighted by atomic mass is 19.1. The second-order valence-electron chi connectivity index (χ2n) is 4.56. The number of methoxy groups -OCH3 is 1. The zero-order valence-corrected chi connectivity index (χ0v) is 11.3. The number of fused-ring (bicyclic) bond motifs is 1. The van der Waals surface area contributed by atoms with Crippen LogP contribution in [-0.2, 0) is 0 Å². The summed E-state index contributed by atoms with van der Waals surface area (Å²) in [6.45, 7) is 0. The van der Waals surface area contributed by atoms with Crippen LogP contribution in [0.3, 0.4) is 0 Å². The maximum Gasteiger partial charge on any atom is 0.235 e. The Balaban J connectivity index is 2.39. The first-order valence-electron chi connectivity index (χ1n) is 6.27. The number of ether oxygens (including phenoxy) is 1. The van der Waals surface area contributed by atoms with E-state index >= 15 is 0 Å². The highest BCUT2D eigenvalue weighted by Crippen LogP contribution is 2.32. The summed E-state index contributed by atoms with van der Waals surface area (Å²) in [5.74, 6) is -2.74. The second kappa shape index (κ2) is 5.22. The van der Waals surface area contributed by atoms with Gasteiger partial charge in [-0.2, -0.15) is 0 Å². The van der Waals surface area contributed by atoms with Crippen molar-refractivity contribution in [3.63, 3.8) is 0 Å². The number of rotatable bonds is 2. The van der Waals surface area contributed by atoms with Gasteiger partial charge in [0, 0.05) is 12.1 Å². The first-order valence-corrected chi connectivity index (χ1v) is 6.27. The van der Waals surface area contributed by atoms with Crippen molar-refractivity contribution in [2.75, 3.05) is 7.11 Å². The average Bonchev–Trinajstić information content (AvgIpc) is 2.47. The van der Waals surface area contributed by atoms with Gasteiger partial charge in [-0.1, -0.05) is 0 Å². The molecule has 0 bridgehead atoms. The molecule has 0 saturated carbocycles. The second-order valence-corrected chi connectivity index (χ2v) is 4.56. The van der Waals surface area contributed by atoms with Gasteiger partial charge in [-0.25, -0.2) is 13.2 Å². The molecule has 3 rings (SSSR count). The van der Waals surface area contributed by atoms with Crippen LogP contribution in [0.25, 0.3) is 22.3 Å². The summed E-state index contributed by atoms with van der Waals surface area (Å²) >= 11 is 0. The molecule has 112 valence electrons. The average molecular weight is 306 g/mol. The Morgan fingerprint density at radius 3 is 2.36 bits per heavy atom. The minimum Gasteiger partial charge on any atom is -0.490 e. The minimum absolute atomic E-state index is 0.0514. The van der Waals surface area contributed by atoms with Crippen molar-refractivity contribution in [3.8, 4) is 17.1 Å². The zero-order valence-electron chi connectivity index (χ0n) is 11.3. The molecule has 0 spiro atoms. The van der Waals surface area contributed by atoms with Gasteiger partial charge in [0.05, 0.1) is 18.1 Å². The third-order valence-corrected chi connectivity index (χ3v) is 3.19. The van der Waals surface area contributed by atoms with Crippen molar-refractivity contribution < 1.29 is 22.3 Å². The van der Waals surface area contributed by atoms with Crippen LogP contribution in [-0.4, -0.2) is 7.11 Å². The van der Waals surface area contributed by atoms with E-state index in [1.165, 1.54) is 13.2 Å². The molecule has 3 aromatic rings. The fourth-order valence-electron chi connectivity index (χ4n) is 2.19. The van der Waals surface area contributed by atoms with Gasteiger partial charge in [0.1, 0.15) is 23.0 Å². The predicted octanol–water partition coefficient (Wildman–Crippen LogP) is 3.89. The minimum atomic E-state index is -0.919. The fraction of sp³-hybridized carbons (Fsp3) is 0.0625. The van der Waals surface area contributed by atoms with Crippen LogP contribution in [0.15, 0.2) is 45.6 Å². The smallest absolute Gasteiger partial charge is 0.235 e. The Bertz CT molecular complexity index is 932. The Morgan fingerprint density at radius 2 is 1.68 bits per heavy atom. The van der Waals surface area contributed by atoms with Gasteiger partial charge in [-0.15, -0.1) is 0 Å². The predicted molar refractivity (Wildman–Crippen MR) is 74.3 cm³/mol.